The second-order valence-corrected chi connectivity index (χ2v) is 5.47. The van der Waals surface area contributed by atoms with Crippen LogP contribution in [0.2, 0.25) is 0 Å². The number of rotatable bonds is 6. The number of aromatic amines is 1. The van der Waals surface area contributed by atoms with E-state index < -0.39 is 0 Å². The van der Waals surface area contributed by atoms with Gasteiger partial charge in [0.15, 0.2) is 0 Å². The molecule has 0 radical (unpaired) electrons. The molecule has 6 heteroatoms. The van der Waals surface area contributed by atoms with Gasteiger partial charge in [-0.25, -0.2) is 4.98 Å². The van der Waals surface area contributed by atoms with Crippen LogP contribution in [0.15, 0.2) is 42.5 Å². The number of amides is 1. The van der Waals surface area contributed by atoms with Gasteiger partial charge < -0.3 is 20.7 Å². The SMILES string of the molecule is CCc1ccc(Nc2nc3ccc(C(=O)NCCO)cc3[nH]2)cc1. The van der Waals surface area contributed by atoms with Gasteiger partial charge in [0.05, 0.1) is 17.6 Å². The fourth-order valence-corrected chi connectivity index (χ4v) is 2.44. The van der Waals surface area contributed by atoms with E-state index in [1.807, 2.05) is 12.1 Å². The molecular formula is C18H20N4O2. The van der Waals surface area contributed by atoms with Crippen LogP contribution in [0.5, 0.6) is 0 Å². The number of aryl methyl sites for hydroxylation is 1. The maximum absolute atomic E-state index is 11.9. The molecule has 1 aromatic heterocycles. The average Bonchev–Trinajstić information content (AvgIpc) is 3.01. The Kier molecular flexibility index (Phi) is 4.77. The summed E-state index contributed by atoms with van der Waals surface area (Å²) >= 11 is 0. The zero-order chi connectivity index (χ0) is 16.9. The molecule has 0 saturated carbocycles. The molecule has 4 N–H and O–H groups in total. The van der Waals surface area contributed by atoms with Crippen molar-refractivity contribution in [3.8, 4) is 0 Å². The number of fused-ring (bicyclic) bond motifs is 1. The molecule has 3 rings (SSSR count). The Balaban J connectivity index is 1.78. The lowest BCUT2D eigenvalue weighted by Gasteiger charge is -2.03. The molecule has 0 aliphatic carbocycles. The van der Waals surface area contributed by atoms with Crippen LogP contribution in [0.3, 0.4) is 0 Å². The summed E-state index contributed by atoms with van der Waals surface area (Å²) in [7, 11) is 0. The normalized spacial score (nSPS) is 10.8. The predicted molar refractivity (Wildman–Crippen MR) is 94.6 cm³/mol. The number of aliphatic hydroxyl groups excluding tert-OH is 1. The van der Waals surface area contributed by atoms with Gasteiger partial charge in [0.1, 0.15) is 0 Å². The van der Waals surface area contributed by atoms with Crippen molar-refractivity contribution in [1.29, 1.82) is 0 Å². The Bertz CT molecular complexity index is 840. The molecule has 1 amide bonds. The van der Waals surface area contributed by atoms with Crippen molar-refractivity contribution in [2.45, 2.75) is 13.3 Å². The summed E-state index contributed by atoms with van der Waals surface area (Å²) in [5, 5.41) is 14.6. The zero-order valence-corrected chi connectivity index (χ0v) is 13.5. The van der Waals surface area contributed by atoms with Gasteiger partial charge >= 0.3 is 0 Å². The number of imidazole rings is 1. The van der Waals surface area contributed by atoms with Crippen molar-refractivity contribution in [3.63, 3.8) is 0 Å². The fraction of sp³-hybridized carbons (Fsp3) is 0.222. The lowest BCUT2D eigenvalue weighted by atomic mass is 10.1. The van der Waals surface area contributed by atoms with Crippen LogP contribution in [0, 0.1) is 0 Å². The highest BCUT2D eigenvalue weighted by Crippen LogP contribution is 2.20. The van der Waals surface area contributed by atoms with Gasteiger partial charge in [-0.05, 0) is 42.3 Å². The standard InChI is InChI=1S/C18H20N4O2/c1-2-12-3-6-14(7-4-12)20-18-21-15-8-5-13(11-16(15)22-18)17(24)19-9-10-23/h3-8,11,23H,2,9-10H2,1H3,(H,19,24)(H2,20,21,22). The van der Waals surface area contributed by atoms with Crippen LogP contribution < -0.4 is 10.6 Å². The number of benzene rings is 2. The van der Waals surface area contributed by atoms with Crippen molar-refractivity contribution in [2.24, 2.45) is 0 Å². The number of H-pyrrole nitrogens is 1. The Morgan fingerprint density at radius 1 is 1.21 bits per heavy atom. The molecule has 0 aliphatic rings. The quantitative estimate of drug-likeness (QED) is 0.561. The van der Waals surface area contributed by atoms with Gasteiger partial charge in [0.2, 0.25) is 5.95 Å². The van der Waals surface area contributed by atoms with Crippen LogP contribution in [-0.2, 0) is 6.42 Å². The van der Waals surface area contributed by atoms with Crippen LogP contribution in [0.1, 0.15) is 22.8 Å². The maximum Gasteiger partial charge on any atom is 0.251 e. The van der Waals surface area contributed by atoms with E-state index in [4.69, 9.17) is 5.11 Å². The summed E-state index contributed by atoms with van der Waals surface area (Å²) in [6.07, 6.45) is 1.01. The Hall–Kier alpha value is -2.86. The molecule has 3 aromatic rings. The third-order valence-electron chi connectivity index (χ3n) is 3.77. The van der Waals surface area contributed by atoms with Crippen LogP contribution in [0.25, 0.3) is 11.0 Å². The van der Waals surface area contributed by atoms with Gasteiger partial charge in [-0.15, -0.1) is 0 Å². The van der Waals surface area contributed by atoms with E-state index in [1.165, 1.54) is 5.56 Å². The van der Waals surface area contributed by atoms with E-state index in [-0.39, 0.29) is 19.1 Å². The van der Waals surface area contributed by atoms with Crippen molar-refractivity contribution in [1.82, 2.24) is 15.3 Å². The summed E-state index contributed by atoms with van der Waals surface area (Å²) in [4.78, 5) is 19.6. The van der Waals surface area contributed by atoms with E-state index in [0.29, 0.717) is 11.5 Å². The van der Waals surface area contributed by atoms with Crippen LogP contribution in [-0.4, -0.2) is 34.1 Å². The molecule has 0 fully saturated rings. The molecule has 1 heterocycles. The second-order valence-electron chi connectivity index (χ2n) is 5.47. The third kappa shape index (κ3) is 3.55. The number of carbonyl (C=O) groups excluding carboxylic acids is 1. The number of carbonyl (C=O) groups is 1. The number of aromatic nitrogens is 2. The zero-order valence-electron chi connectivity index (χ0n) is 13.5. The molecule has 124 valence electrons. The van der Waals surface area contributed by atoms with Gasteiger partial charge in [0.25, 0.3) is 5.91 Å². The number of nitrogens with zero attached hydrogens (tertiary/aromatic N) is 1. The minimum atomic E-state index is -0.217. The molecule has 0 bridgehead atoms. The van der Waals surface area contributed by atoms with E-state index in [0.717, 1.165) is 23.1 Å². The first-order valence-electron chi connectivity index (χ1n) is 7.94. The second kappa shape index (κ2) is 7.14. The van der Waals surface area contributed by atoms with E-state index in [9.17, 15) is 4.79 Å². The molecule has 0 spiro atoms. The largest absolute Gasteiger partial charge is 0.395 e. The number of hydrogen-bond donors (Lipinski definition) is 4. The summed E-state index contributed by atoms with van der Waals surface area (Å²) < 4.78 is 0. The fourth-order valence-electron chi connectivity index (χ4n) is 2.44. The molecule has 0 saturated heterocycles. The van der Waals surface area contributed by atoms with Gasteiger partial charge in [-0.3, -0.25) is 4.79 Å². The minimum absolute atomic E-state index is 0.0804. The lowest BCUT2D eigenvalue weighted by molar-refractivity contribution is 0.0945. The van der Waals surface area contributed by atoms with E-state index in [1.54, 1.807) is 18.2 Å². The van der Waals surface area contributed by atoms with Gasteiger partial charge in [-0.1, -0.05) is 19.1 Å². The van der Waals surface area contributed by atoms with Crippen LogP contribution >= 0.6 is 0 Å². The molecule has 0 aliphatic heterocycles. The van der Waals surface area contributed by atoms with Crippen molar-refractivity contribution in [2.75, 3.05) is 18.5 Å². The highest BCUT2D eigenvalue weighted by Gasteiger charge is 2.09. The highest BCUT2D eigenvalue weighted by molar-refractivity contribution is 5.97. The Labute approximate surface area is 139 Å². The van der Waals surface area contributed by atoms with Gasteiger partial charge in [0, 0.05) is 17.8 Å². The van der Waals surface area contributed by atoms with Crippen molar-refractivity contribution in [3.05, 3.63) is 53.6 Å². The molecule has 0 atom stereocenters. The van der Waals surface area contributed by atoms with Crippen molar-refractivity contribution >= 4 is 28.6 Å². The monoisotopic (exact) mass is 324 g/mol. The predicted octanol–water partition coefficient (Wildman–Crippen LogP) is 2.59. The topological polar surface area (TPSA) is 90.0 Å². The first kappa shape index (κ1) is 16.0. The number of aliphatic hydroxyl groups is 1. The van der Waals surface area contributed by atoms with Crippen molar-refractivity contribution < 1.29 is 9.90 Å². The minimum Gasteiger partial charge on any atom is -0.395 e. The number of hydrogen-bond acceptors (Lipinski definition) is 4. The smallest absolute Gasteiger partial charge is 0.251 e. The summed E-state index contributed by atoms with van der Waals surface area (Å²) in [6.45, 7) is 2.28. The first-order valence-corrected chi connectivity index (χ1v) is 7.94. The number of anilines is 2. The average molecular weight is 324 g/mol. The van der Waals surface area contributed by atoms with E-state index >= 15 is 0 Å². The first-order chi connectivity index (χ1) is 11.7. The lowest BCUT2D eigenvalue weighted by Crippen LogP contribution is -2.26. The molecule has 2 aromatic carbocycles. The maximum atomic E-state index is 11.9. The summed E-state index contributed by atoms with van der Waals surface area (Å²) in [5.74, 6) is 0.410. The van der Waals surface area contributed by atoms with Gasteiger partial charge in [-0.2, -0.15) is 0 Å². The highest BCUT2D eigenvalue weighted by atomic mass is 16.3. The summed E-state index contributed by atoms with van der Waals surface area (Å²) in [5.41, 5.74) is 4.31. The van der Waals surface area contributed by atoms with E-state index in [2.05, 4.69) is 39.7 Å². The Morgan fingerprint density at radius 3 is 2.71 bits per heavy atom. The molecular weight excluding hydrogens is 304 g/mol. The Morgan fingerprint density at radius 2 is 2.00 bits per heavy atom. The summed E-state index contributed by atoms with van der Waals surface area (Å²) in [6, 6.07) is 13.4. The third-order valence-corrected chi connectivity index (χ3v) is 3.77. The number of nitrogens with one attached hydrogen (secondary N) is 3. The van der Waals surface area contributed by atoms with Crippen LogP contribution in [0.4, 0.5) is 11.6 Å². The molecule has 24 heavy (non-hydrogen) atoms. The molecule has 0 unspecified atom stereocenters. The molecule has 6 nitrogen and oxygen atoms in total.